The quantitative estimate of drug-likeness (QED) is 0.305. The molecule has 0 aromatic carbocycles. The van der Waals surface area contributed by atoms with Gasteiger partial charge in [-0.15, -0.1) is 11.6 Å². The van der Waals surface area contributed by atoms with E-state index in [2.05, 4.69) is 37.9 Å². The number of hydrogen-bond donors (Lipinski definition) is 3. The van der Waals surface area contributed by atoms with E-state index < -0.39 is 11.0 Å². The predicted molar refractivity (Wildman–Crippen MR) is 104 cm³/mol. The summed E-state index contributed by atoms with van der Waals surface area (Å²) in [4.78, 5) is 1.88. The molecule has 0 saturated carbocycles. The van der Waals surface area contributed by atoms with Crippen molar-refractivity contribution in [1.82, 2.24) is 4.98 Å². The molecule has 0 aliphatic rings. The Bertz CT molecular complexity index is 587. The summed E-state index contributed by atoms with van der Waals surface area (Å²) in [5.74, 6) is 0.0356. The summed E-state index contributed by atoms with van der Waals surface area (Å²) >= 11 is 6.51. The van der Waals surface area contributed by atoms with Crippen molar-refractivity contribution >= 4 is 17.4 Å². The number of hydrogen-bond acceptors (Lipinski definition) is 4. The summed E-state index contributed by atoms with van der Waals surface area (Å²) in [6.07, 6.45) is 9.09. The first-order valence-corrected chi connectivity index (χ1v) is 8.99. The van der Waals surface area contributed by atoms with Gasteiger partial charge in [0.25, 0.3) is 0 Å². The summed E-state index contributed by atoms with van der Waals surface area (Å²) < 4.78 is 0. The van der Waals surface area contributed by atoms with E-state index in [9.17, 15) is 10.3 Å². The molecule has 25 heavy (non-hydrogen) atoms. The topological polar surface area (TPSA) is 82.5 Å². The van der Waals surface area contributed by atoms with Gasteiger partial charge < -0.3 is 20.5 Å². The lowest BCUT2D eigenvalue weighted by atomic mass is 9.93. The summed E-state index contributed by atoms with van der Waals surface area (Å²) in [5, 5.41) is 29.8. The Morgan fingerprint density at radius 1 is 1.36 bits per heavy atom. The zero-order chi connectivity index (χ0) is 19.0. The van der Waals surface area contributed by atoms with Crippen LogP contribution >= 0.6 is 11.6 Å². The average molecular weight is 370 g/mol. The van der Waals surface area contributed by atoms with Gasteiger partial charge in [-0.2, -0.15) is 0 Å². The fourth-order valence-electron chi connectivity index (χ4n) is 2.55. The van der Waals surface area contributed by atoms with Crippen LogP contribution < -0.4 is 5.23 Å². The molecular formula is C19H30ClN2O3-. The Morgan fingerprint density at radius 2 is 2.04 bits per heavy atom. The van der Waals surface area contributed by atoms with Gasteiger partial charge in [-0.25, -0.2) is 0 Å². The van der Waals surface area contributed by atoms with Crippen molar-refractivity contribution in [3.63, 3.8) is 0 Å². The van der Waals surface area contributed by atoms with E-state index >= 15 is 0 Å². The molecule has 2 atom stereocenters. The molecule has 2 unspecified atom stereocenters. The third-order valence-electron chi connectivity index (χ3n) is 4.27. The number of aromatic nitrogens is 1. The molecule has 3 N–H and O–H groups in total. The zero-order valence-electron chi connectivity index (χ0n) is 15.6. The maximum atomic E-state index is 10.8. The van der Waals surface area contributed by atoms with Crippen molar-refractivity contribution in [3.05, 3.63) is 46.3 Å². The van der Waals surface area contributed by atoms with Gasteiger partial charge in [0.1, 0.15) is 5.82 Å². The number of alkyl halides is 1. The molecule has 0 aliphatic carbocycles. The van der Waals surface area contributed by atoms with Gasteiger partial charge in [0.15, 0.2) is 0 Å². The second kappa shape index (κ2) is 10.0. The number of allylic oxidation sites excluding steroid dienone is 4. The SMILES string of the molecule is CC(C)=CCCC(C)=CCCC(C)(Cl)C(O)Cc1c[nH]c(N([O-])O)c1. The molecular weight excluding hydrogens is 340 g/mol. The molecule has 0 aliphatic heterocycles. The second-order valence-corrected chi connectivity index (χ2v) is 7.94. The highest BCUT2D eigenvalue weighted by molar-refractivity contribution is 6.24. The van der Waals surface area contributed by atoms with Crippen molar-refractivity contribution in [3.8, 4) is 0 Å². The van der Waals surface area contributed by atoms with Crippen LogP contribution in [0.15, 0.2) is 35.6 Å². The largest absolute Gasteiger partial charge is 0.732 e. The summed E-state index contributed by atoms with van der Waals surface area (Å²) in [6.45, 7) is 8.14. The lowest BCUT2D eigenvalue weighted by Crippen LogP contribution is -2.35. The highest BCUT2D eigenvalue weighted by Gasteiger charge is 2.30. The Balaban J connectivity index is 2.48. The van der Waals surface area contributed by atoms with E-state index in [1.165, 1.54) is 17.2 Å². The molecule has 0 radical (unpaired) electrons. The molecule has 1 aromatic heterocycles. The first-order valence-electron chi connectivity index (χ1n) is 8.61. The standard InChI is InChI=1S/C19H30ClN2O3/c1-14(2)7-5-8-15(3)9-6-10-19(4,20)17(23)11-16-12-18(21-13-16)22(24)25/h7,9,12-13,17,21,23-24H,5-6,8,10-11H2,1-4H3/q-1. The summed E-state index contributed by atoms with van der Waals surface area (Å²) in [6, 6.07) is 1.50. The monoisotopic (exact) mass is 369 g/mol. The maximum absolute atomic E-state index is 10.8. The van der Waals surface area contributed by atoms with Gasteiger partial charge in [0.2, 0.25) is 0 Å². The summed E-state index contributed by atoms with van der Waals surface area (Å²) in [7, 11) is 0. The number of aliphatic hydroxyl groups is 1. The van der Waals surface area contributed by atoms with Crippen LogP contribution in [0, 0.1) is 5.21 Å². The van der Waals surface area contributed by atoms with Crippen LogP contribution in [0.4, 0.5) is 5.82 Å². The molecule has 1 rings (SSSR count). The molecule has 0 amide bonds. The van der Waals surface area contributed by atoms with E-state index in [1.54, 1.807) is 6.20 Å². The van der Waals surface area contributed by atoms with Gasteiger partial charge in [-0.3, -0.25) is 5.21 Å². The number of halogens is 1. The first kappa shape index (κ1) is 21.8. The summed E-state index contributed by atoms with van der Waals surface area (Å²) in [5.41, 5.74) is 3.38. The van der Waals surface area contributed by atoms with Crippen molar-refractivity contribution < 1.29 is 10.3 Å². The van der Waals surface area contributed by atoms with Crippen molar-refractivity contribution in [2.45, 2.75) is 70.8 Å². The van der Waals surface area contributed by atoms with Gasteiger partial charge >= 0.3 is 0 Å². The van der Waals surface area contributed by atoms with Gasteiger partial charge in [0, 0.05) is 12.6 Å². The molecule has 6 heteroatoms. The second-order valence-electron chi connectivity index (χ2n) is 7.07. The minimum atomic E-state index is -0.759. The normalized spacial score (nSPS) is 15.6. The van der Waals surface area contributed by atoms with E-state index in [-0.39, 0.29) is 11.0 Å². The highest BCUT2D eigenvalue weighted by Crippen LogP contribution is 2.29. The van der Waals surface area contributed by atoms with Crippen LogP contribution in [0.3, 0.4) is 0 Å². The Morgan fingerprint density at radius 3 is 2.60 bits per heavy atom. The van der Waals surface area contributed by atoms with Crippen LogP contribution in [0.1, 0.15) is 58.9 Å². The van der Waals surface area contributed by atoms with Crippen molar-refractivity contribution in [2.24, 2.45) is 0 Å². The maximum Gasteiger partial charge on any atom is 0.119 e. The highest BCUT2D eigenvalue weighted by atomic mass is 35.5. The number of rotatable bonds is 10. The van der Waals surface area contributed by atoms with Gasteiger partial charge in [-0.1, -0.05) is 23.3 Å². The number of anilines is 1. The van der Waals surface area contributed by atoms with Gasteiger partial charge in [0.05, 0.1) is 11.0 Å². The molecule has 1 aromatic rings. The Kier molecular flexibility index (Phi) is 8.73. The number of nitrogens with zero attached hydrogens (tertiary/aromatic N) is 1. The molecule has 0 bridgehead atoms. The van der Waals surface area contributed by atoms with E-state index in [1.807, 2.05) is 6.92 Å². The van der Waals surface area contributed by atoms with E-state index in [0.717, 1.165) is 24.8 Å². The fourth-order valence-corrected chi connectivity index (χ4v) is 2.73. The van der Waals surface area contributed by atoms with E-state index in [4.69, 9.17) is 16.8 Å². The average Bonchev–Trinajstić information content (AvgIpc) is 2.95. The lowest BCUT2D eigenvalue weighted by molar-refractivity contribution is 0.127. The third kappa shape index (κ3) is 8.10. The van der Waals surface area contributed by atoms with E-state index in [0.29, 0.717) is 12.8 Å². The minimum Gasteiger partial charge on any atom is -0.732 e. The first-order chi connectivity index (χ1) is 11.6. The number of H-pyrrole nitrogens is 1. The van der Waals surface area contributed by atoms with Crippen LogP contribution in [0.2, 0.25) is 0 Å². The lowest BCUT2D eigenvalue weighted by Gasteiger charge is -2.27. The number of nitrogens with one attached hydrogen (secondary N) is 1. The van der Waals surface area contributed by atoms with Crippen LogP contribution in [-0.4, -0.2) is 26.3 Å². The molecule has 142 valence electrons. The predicted octanol–water partition coefficient (Wildman–Crippen LogP) is 5.08. The molecule has 0 fully saturated rings. The molecule has 0 saturated heterocycles. The fraction of sp³-hybridized carbons (Fsp3) is 0.579. The van der Waals surface area contributed by atoms with Gasteiger partial charge in [-0.05, 0) is 65.0 Å². The molecule has 0 spiro atoms. The van der Waals surface area contributed by atoms with Crippen LogP contribution in [0.5, 0.6) is 0 Å². The van der Waals surface area contributed by atoms with Crippen LogP contribution in [-0.2, 0) is 6.42 Å². The molecule has 1 heterocycles. The third-order valence-corrected chi connectivity index (χ3v) is 4.72. The number of aliphatic hydroxyl groups excluding tert-OH is 1. The smallest absolute Gasteiger partial charge is 0.119 e. The molecule has 5 nitrogen and oxygen atoms in total. The Labute approximate surface area is 155 Å². The van der Waals surface area contributed by atoms with Crippen molar-refractivity contribution in [2.75, 3.05) is 5.23 Å². The van der Waals surface area contributed by atoms with Crippen molar-refractivity contribution in [1.29, 1.82) is 0 Å². The van der Waals surface area contributed by atoms with Crippen LogP contribution in [0.25, 0.3) is 0 Å². The number of aromatic amines is 1. The Hall–Kier alpha value is -1.27. The minimum absolute atomic E-state index is 0.0356. The zero-order valence-corrected chi connectivity index (χ0v) is 16.3.